The molecule has 0 aliphatic carbocycles. The Morgan fingerprint density at radius 1 is 1.46 bits per heavy atom. The van der Waals surface area contributed by atoms with Crippen molar-refractivity contribution < 1.29 is 4.79 Å². The molecule has 1 heterocycles. The normalized spacial score (nSPS) is 14.0. The third-order valence-corrected chi connectivity index (χ3v) is 2.14. The largest absolute Gasteiger partial charge is 0.398 e. The van der Waals surface area contributed by atoms with Gasteiger partial charge >= 0.3 is 0 Å². The molecule has 0 aromatic heterocycles. The summed E-state index contributed by atoms with van der Waals surface area (Å²) < 4.78 is 0. The Labute approximate surface area is 76.5 Å². The van der Waals surface area contributed by atoms with Crippen LogP contribution >= 0.6 is 0 Å². The monoisotopic (exact) mass is 174 g/mol. The lowest BCUT2D eigenvalue weighted by molar-refractivity contribution is -0.107. The van der Waals surface area contributed by atoms with Gasteiger partial charge in [0, 0.05) is 17.8 Å². The molecule has 1 aliphatic heterocycles. The Morgan fingerprint density at radius 2 is 2.31 bits per heavy atom. The predicted molar refractivity (Wildman–Crippen MR) is 53.3 cm³/mol. The van der Waals surface area contributed by atoms with Gasteiger partial charge in [0.2, 0.25) is 6.41 Å². The number of fused-ring (bicyclic) bond motifs is 1. The first-order valence-corrected chi connectivity index (χ1v) is 4.10. The predicted octanol–water partition coefficient (Wildman–Crippen LogP) is 1.26. The van der Waals surface area contributed by atoms with Crippen molar-refractivity contribution in [3.8, 4) is 0 Å². The number of carbonyl (C=O) groups is 1. The van der Waals surface area contributed by atoms with E-state index >= 15 is 0 Å². The SMILES string of the molecule is Nc1cccc2c1C=CCN2C=O. The van der Waals surface area contributed by atoms with Gasteiger partial charge in [0.25, 0.3) is 0 Å². The number of nitrogens with zero attached hydrogens (tertiary/aromatic N) is 1. The van der Waals surface area contributed by atoms with Gasteiger partial charge in [-0.15, -0.1) is 0 Å². The number of benzene rings is 1. The van der Waals surface area contributed by atoms with Crippen LogP contribution in [-0.2, 0) is 4.79 Å². The van der Waals surface area contributed by atoms with E-state index in [-0.39, 0.29) is 0 Å². The Balaban J connectivity index is 2.59. The van der Waals surface area contributed by atoms with Crippen molar-refractivity contribution in [2.75, 3.05) is 17.2 Å². The fraction of sp³-hybridized carbons (Fsp3) is 0.100. The third-order valence-electron chi connectivity index (χ3n) is 2.14. The van der Waals surface area contributed by atoms with Gasteiger partial charge in [0.05, 0.1) is 5.69 Å². The lowest BCUT2D eigenvalue weighted by Gasteiger charge is -2.22. The average molecular weight is 174 g/mol. The topological polar surface area (TPSA) is 46.3 Å². The molecule has 0 fully saturated rings. The number of carbonyl (C=O) groups excluding carboxylic acids is 1. The lowest BCUT2D eigenvalue weighted by Crippen LogP contribution is -2.24. The summed E-state index contributed by atoms with van der Waals surface area (Å²) in [5.74, 6) is 0. The van der Waals surface area contributed by atoms with Crippen molar-refractivity contribution in [1.82, 2.24) is 0 Å². The highest BCUT2D eigenvalue weighted by Crippen LogP contribution is 2.28. The van der Waals surface area contributed by atoms with Crippen LogP contribution in [0.15, 0.2) is 24.3 Å². The fourth-order valence-electron chi connectivity index (χ4n) is 1.48. The van der Waals surface area contributed by atoms with Crippen LogP contribution in [0.3, 0.4) is 0 Å². The molecular formula is C10H10N2O. The van der Waals surface area contributed by atoms with Gasteiger partial charge in [-0.1, -0.05) is 18.2 Å². The van der Waals surface area contributed by atoms with E-state index in [1.807, 2.05) is 30.4 Å². The Bertz CT molecular complexity index is 371. The van der Waals surface area contributed by atoms with Crippen molar-refractivity contribution >= 4 is 23.9 Å². The highest BCUT2D eigenvalue weighted by molar-refractivity contribution is 5.88. The molecule has 1 aromatic carbocycles. The van der Waals surface area contributed by atoms with Crippen molar-refractivity contribution in [3.63, 3.8) is 0 Å². The van der Waals surface area contributed by atoms with Crippen LogP contribution in [0, 0.1) is 0 Å². The minimum absolute atomic E-state index is 0.625. The van der Waals surface area contributed by atoms with Gasteiger partial charge in [-0.25, -0.2) is 0 Å². The second-order valence-electron chi connectivity index (χ2n) is 2.94. The summed E-state index contributed by atoms with van der Waals surface area (Å²) in [7, 11) is 0. The number of hydrogen-bond donors (Lipinski definition) is 1. The molecular weight excluding hydrogens is 164 g/mol. The number of anilines is 2. The van der Waals surface area contributed by atoms with Crippen LogP contribution in [0.1, 0.15) is 5.56 Å². The van der Waals surface area contributed by atoms with Gasteiger partial charge in [-0.05, 0) is 12.1 Å². The number of rotatable bonds is 1. The van der Waals surface area contributed by atoms with Crippen LogP contribution in [0.25, 0.3) is 6.08 Å². The maximum Gasteiger partial charge on any atom is 0.214 e. The minimum atomic E-state index is 0.625. The third kappa shape index (κ3) is 1.18. The molecule has 0 unspecified atom stereocenters. The van der Waals surface area contributed by atoms with E-state index in [9.17, 15) is 4.79 Å². The molecule has 1 aromatic rings. The number of nitrogen functional groups attached to an aromatic ring is 1. The van der Waals surface area contributed by atoms with Crippen LogP contribution in [-0.4, -0.2) is 13.0 Å². The van der Waals surface area contributed by atoms with Crippen molar-refractivity contribution in [1.29, 1.82) is 0 Å². The van der Waals surface area contributed by atoms with Crippen LogP contribution < -0.4 is 10.6 Å². The summed E-state index contributed by atoms with van der Waals surface area (Å²) in [6, 6.07) is 5.57. The summed E-state index contributed by atoms with van der Waals surface area (Å²) in [5, 5.41) is 0. The molecule has 0 atom stereocenters. The summed E-state index contributed by atoms with van der Waals surface area (Å²) in [6.07, 6.45) is 4.69. The average Bonchev–Trinajstić information content (AvgIpc) is 2.18. The maximum absolute atomic E-state index is 10.7. The smallest absolute Gasteiger partial charge is 0.214 e. The standard InChI is InChI=1S/C10H10N2O/c11-9-4-1-5-10-8(9)3-2-6-12(10)7-13/h1-5,7H,6,11H2. The van der Waals surface area contributed by atoms with E-state index in [1.165, 1.54) is 0 Å². The molecule has 3 heteroatoms. The van der Waals surface area contributed by atoms with Crippen LogP contribution in [0.4, 0.5) is 11.4 Å². The Hall–Kier alpha value is -1.77. The molecule has 66 valence electrons. The highest BCUT2D eigenvalue weighted by Gasteiger charge is 2.12. The number of nitrogens with two attached hydrogens (primary N) is 1. The first-order chi connectivity index (χ1) is 6.33. The Kier molecular flexibility index (Phi) is 1.77. The highest BCUT2D eigenvalue weighted by atomic mass is 16.1. The molecule has 0 saturated heterocycles. The summed E-state index contributed by atoms with van der Waals surface area (Å²) in [6.45, 7) is 0.625. The van der Waals surface area contributed by atoms with Crippen LogP contribution in [0.5, 0.6) is 0 Å². The van der Waals surface area contributed by atoms with E-state index < -0.39 is 0 Å². The quantitative estimate of drug-likeness (QED) is 0.514. The Morgan fingerprint density at radius 3 is 3.08 bits per heavy atom. The van der Waals surface area contributed by atoms with E-state index in [0.29, 0.717) is 12.2 Å². The summed E-state index contributed by atoms with van der Waals surface area (Å²) in [4.78, 5) is 12.3. The molecule has 1 amide bonds. The van der Waals surface area contributed by atoms with Gasteiger partial charge in [0.15, 0.2) is 0 Å². The zero-order valence-corrected chi connectivity index (χ0v) is 7.10. The maximum atomic E-state index is 10.7. The number of amides is 1. The van der Waals surface area contributed by atoms with Gasteiger partial charge < -0.3 is 10.6 Å². The first kappa shape index (κ1) is 7.86. The molecule has 1 aliphatic rings. The zero-order valence-electron chi connectivity index (χ0n) is 7.10. The first-order valence-electron chi connectivity index (χ1n) is 4.10. The zero-order chi connectivity index (χ0) is 9.26. The summed E-state index contributed by atoms with van der Waals surface area (Å²) >= 11 is 0. The molecule has 13 heavy (non-hydrogen) atoms. The number of hydrogen-bond acceptors (Lipinski definition) is 2. The van der Waals surface area contributed by atoms with Gasteiger partial charge in [-0.3, -0.25) is 4.79 Å². The molecule has 2 N–H and O–H groups in total. The molecule has 0 saturated carbocycles. The van der Waals surface area contributed by atoms with Crippen molar-refractivity contribution in [2.45, 2.75) is 0 Å². The lowest BCUT2D eigenvalue weighted by atomic mass is 10.1. The fourth-order valence-corrected chi connectivity index (χ4v) is 1.48. The molecule has 2 rings (SSSR count). The molecule has 0 bridgehead atoms. The van der Waals surface area contributed by atoms with Crippen molar-refractivity contribution in [2.24, 2.45) is 0 Å². The molecule has 3 nitrogen and oxygen atoms in total. The van der Waals surface area contributed by atoms with E-state index in [0.717, 1.165) is 17.7 Å². The minimum Gasteiger partial charge on any atom is -0.398 e. The summed E-state index contributed by atoms with van der Waals surface area (Å²) in [5.41, 5.74) is 8.29. The second-order valence-corrected chi connectivity index (χ2v) is 2.94. The van der Waals surface area contributed by atoms with E-state index in [4.69, 9.17) is 5.73 Å². The molecule has 0 radical (unpaired) electrons. The molecule has 0 spiro atoms. The van der Waals surface area contributed by atoms with E-state index in [1.54, 1.807) is 4.90 Å². The van der Waals surface area contributed by atoms with Crippen molar-refractivity contribution in [3.05, 3.63) is 29.8 Å². The second kappa shape index (κ2) is 2.94. The van der Waals surface area contributed by atoms with E-state index in [2.05, 4.69) is 0 Å². The van der Waals surface area contributed by atoms with Gasteiger partial charge in [0.1, 0.15) is 0 Å². The van der Waals surface area contributed by atoms with Crippen LogP contribution in [0.2, 0.25) is 0 Å². The van der Waals surface area contributed by atoms with Gasteiger partial charge in [-0.2, -0.15) is 0 Å².